The van der Waals surface area contributed by atoms with Gasteiger partial charge in [-0.05, 0) is 48.8 Å². The van der Waals surface area contributed by atoms with Crippen LogP contribution in [0.4, 0.5) is 4.79 Å². The lowest BCUT2D eigenvalue weighted by Crippen LogP contribution is -2.37. The van der Waals surface area contributed by atoms with Crippen molar-refractivity contribution >= 4 is 27.9 Å². The van der Waals surface area contributed by atoms with Crippen LogP contribution in [-0.2, 0) is 21.2 Å². The molecule has 0 spiro atoms. The van der Waals surface area contributed by atoms with E-state index < -0.39 is 16.1 Å². The number of carbonyl (C=O) groups excluding carboxylic acids is 1. The molecule has 6 nitrogen and oxygen atoms in total. The van der Waals surface area contributed by atoms with Crippen molar-refractivity contribution in [2.75, 3.05) is 39.0 Å². The maximum absolute atomic E-state index is 13.0. The number of fused-ring (bicyclic) bond motifs is 1. The molecule has 0 aromatic heterocycles. The zero-order valence-corrected chi connectivity index (χ0v) is 15.4. The summed E-state index contributed by atoms with van der Waals surface area (Å²) in [7, 11) is -2.19. The van der Waals surface area contributed by atoms with E-state index >= 15 is 0 Å². The Bertz CT molecular complexity index is 721. The van der Waals surface area contributed by atoms with Gasteiger partial charge in [-0.3, -0.25) is 0 Å². The molecular weight excluding hydrogens is 348 g/mol. The van der Waals surface area contributed by atoms with Gasteiger partial charge in [0.15, 0.2) is 0 Å². The maximum Gasteiger partial charge on any atom is 0.409 e. The van der Waals surface area contributed by atoms with Gasteiger partial charge in [-0.1, -0.05) is 0 Å². The highest BCUT2D eigenvalue weighted by Gasteiger charge is 2.29. The zero-order valence-electron chi connectivity index (χ0n) is 13.7. The molecular formula is C16H22N2O4S2. The van der Waals surface area contributed by atoms with Gasteiger partial charge >= 0.3 is 6.09 Å². The average molecular weight is 370 g/mol. The number of methoxy groups -OCH3 is 1. The van der Waals surface area contributed by atoms with E-state index in [1.54, 1.807) is 22.7 Å². The smallest absolute Gasteiger partial charge is 0.409 e. The van der Waals surface area contributed by atoms with E-state index in [-0.39, 0.29) is 0 Å². The third-order valence-electron chi connectivity index (χ3n) is 4.41. The molecule has 2 aliphatic heterocycles. The van der Waals surface area contributed by atoms with Crippen molar-refractivity contribution in [2.45, 2.75) is 29.1 Å². The van der Waals surface area contributed by atoms with Crippen LogP contribution >= 0.6 is 11.8 Å². The van der Waals surface area contributed by atoms with Crippen LogP contribution in [0.3, 0.4) is 0 Å². The molecule has 2 heterocycles. The molecule has 0 unspecified atom stereocenters. The van der Waals surface area contributed by atoms with Gasteiger partial charge in [-0.25, -0.2) is 13.2 Å². The number of rotatable bonds is 2. The fourth-order valence-electron chi connectivity index (χ4n) is 3.09. The van der Waals surface area contributed by atoms with Crippen LogP contribution in [-0.4, -0.2) is 62.8 Å². The van der Waals surface area contributed by atoms with E-state index in [1.807, 2.05) is 12.1 Å². The number of thioether (sulfide) groups is 1. The minimum absolute atomic E-state index is 0.295. The number of hydrogen-bond donors (Lipinski definition) is 0. The van der Waals surface area contributed by atoms with E-state index in [2.05, 4.69) is 0 Å². The predicted octanol–water partition coefficient (Wildman–Crippen LogP) is 2.19. The third kappa shape index (κ3) is 3.55. The summed E-state index contributed by atoms with van der Waals surface area (Å²) in [6.45, 7) is 1.58. The van der Waals surface area contributed by atoms with Crippen LogP contribution in [0.2, 0.25) is 0 Å². The van der Waals surface area contributed by atoms with Gasteiger partial charge in [-0.2, -0.15) is 4.31 Å². The quantitative estimate of drug-likeness (QED) is 0.798. The number of aryl methyl sites for hydroxylation is 1. The summed E-state index contributed by atoms with van der Waals surface area (Å²) >= 11 is 1.79. The number of ether oxygens (including phenoxy) is 1. The Kier molecular flexibility index (Phi) is 5.36. The molecule has 1 amide bonds. The Morgan fingerprint density at radius 3 is 2.79 bits per heavy atom. The van der Waals surface area contributed by atoms with Gasteiger partial charge in [0.25, 0.3) is 0 Å². The van der Waals surface area contributed by atoms with E-state index in [9.17, 15) is 13.2 Å². The Balaban J connectivity index is 1.79. The average Bonchev–Trinajstić information content (AvgIpc) is 2.87. The Morgan fingerprint density at radius 1 is 1.17 bits per heavy atom. The van der Waals surface area contributed by atoms with Crippen molar-refractivity contribution in [1.29, 1.82) is 0 Å². The summed E-state index contributed by atoms with van der Waals surface area (Å²) in [6.07, 6.45) is 2.22. The van der Waals surface area contributed by atoms with Crippen molar-refractivity contribution < 1.29 is 17.9 Å². The Morgan fingerprint density at radius 2 is 2.00 bits per heavy atom. The lowest BCUT2D eigenvalue weighted by Gasteiger charge is -2.22. The summed E-state index contributed by atoms with van der Waals surface area (Å²) < 4.78 is 32.1. The fourth-order valence-corrected chi connectivity index (χ4v) is 5.63. The lowest BCUT2D eigenvalue weighted by atomic mass is 10.1. The van der Waals surface area contributed by atoms with Crippen molar-refractivity contribution in [3.63, 3.8) is 0 Å². The van der Waals surface area contributed by atoms with Gasteiger partial charge in [0.1, 0.15) is 0 Å². The lowest BCUT2D eigenvalue weighted by molar-refractivity contribution is 0.126. The van der Waals surface area contributed by atoms with Gasteiger partial charge in [-0.15, -0.1) is 11.8 Å². The topological polar surface area (TPSA) is 66.9 Å². The molecule has 132 valence electrons. The molecule has 8 heteroatoms. The number of carbonyl (C=O) groups is 1. The molecule has 1 aromatic carbocycles. The molecule has 0 bridgehead atoms. The van der Waals surface area contributed by atoms with E-state index in [0.29, 0.717) is 37.5 Å². The molecule has 2 aliphatic rings. The largest absolute Gasteiger partial charge is 0.453 e. The van der Waals surface area contributed by atoms with Gasteiger partial charge < -0.3 is 9.64 Å². The van der Waals surface area contributed by atoms with Gasteiger partial charge in [0.05, 0.1) is 12.0 Å². The highest BCUT2D eigenvalue weighted by Crippen LogP contribution is 2.32. The number of hydrogen-bond acceptors (Lipinski definition) is 5. The number of nitrogens with zero attached hydrogens (tertiary/aromatic N) is 2. The van der Waals surface area contributed by atoms with Crippen molar-refractivity contribution in [2.24, 2.45) is 0 Å². The molecule has 0 aliphatic carbocycles. The SMILES string of the molecule is COC(=O)N1CCCN(S(=O)(=O)c2ccc3c(c2)CCCS3)CC1. The monoisotopic (exact) mass is 370 g/mol. The summed E-state index contributed by atoms with van der Waals surface area (Å²) in [6, 6.07) is 5.44. The van der Waals surface area contributed by atoms with Gasteiger partial charge in [0.2, 0.25) is 10.0 Å². The van der Waals surface area contributed by atoms with Crippen LogP contribution in [0.25, 0.3) is 0 Å². The molecule has 0 saturated carbocycles. The summed E-state index contributed by atoms with van der Waals surface area (Å²) in [4.78, 5) is 14.7. The highest BCUT2D eigenvalue weighted by molar-refractivity contribution is 7.99. The standard InChI is InChI=1S/C16H22N2O4S2/c1-22-16(19)17-7-3-8-18(10-9-17)24(20,21)14-5-6-15-13(12-14)4-2-11-23-15/h5-6,12H,2-4,7-11H2,1H3. The second-order valence-corrected chi connectivity index (χ2v) is 9.01. The molecule has 0 radical (unpaired) electrons. The molecule has 0 atom stereocenters. The van der Waals surface area contributed by atoms with E-state index in [0.717, 1.165) is 24.2 Å². The molecule has 3 rings (SSSR count). The zero-order chi connectivity index (χ0) is 17.2. The van der Waals surface area contributed by atoms with Crippen LogP contribution < -0.4 is 0 Å². The third-order valence-corrected chi connectivity index (χ3v) is 7.50. The van der Waals surface area contributed by atoms with Crippen LogP contribution in [0.15, 0.2) is 28.0 Å². The van der Waals surface area contributed by atoms with E-state index in [1.165, 1.54) is 16.3 Å². The first-order valence-electron chi connectivity index (χ1n) is 8.11. The maximum atomic E-state index is 13.0. The minimum Gasteiger partial charge on any atom is -0.453 e. The predicted molar refractivity (Wildman–Crippen MR) is 92.8 cm³/mol. The highest BCUT2D eigenvalue weighted by atomic mass is 32.2. The Labute approximate surface area is 147 Å². The number of sulfonamides is 1. The first-order chi connectivity index (χ1) is 11.5. The van der Waals surface area contributed by atoms with E-state index in [4.69, 9.17) is 4.74 Å². The first-order valence-corrected chi connectivity index (χ1v) is 10.5. The van der Waals surface area contributed by atoms with Crippen LogP contribution in [0.5, 0.6) is 0 Å². The minimum atomic E-state index is -3.53. The van der Waals surface area contributed by atoms with Gasteiger partial charge in [0, 0.05) is 31.1 Å². The number of amides is 1. The Hall–Kier alpha value is -1.25. The van der Waals surface area contributed by atoms with Crippen molar-refractivity contribution in [1.82, 2.24) is 9.21 Å². The van der Waals surface area contributed by atoms with Crippen LogP contribution in [0.1, 0.15) is 18.4 Å². The van der Waals surface area contributed by atoms with Crippen LogP contribution in [0, 0.1) is 0 Å². The summed E-state index contributed by atoms with van der Waals surface area (Å²) in [5, 5.41) is 0. The van der Waals surface area contributed by atoms with Crippen molar-refractivity contribution in [3.8, 4) is 0 Å². The summed E-state index contributed by atoms with van der Waals surface area (Å²) in [5.41, 5.74) is 1.12. The molecule has 1 aromatic rings. The molecule has 1 fully saturated rings. The molecule has 0 N–H and O–H groups in total. The second kappa shape index (κ2) is 7.33. The fraction of sp³-hybridized carbons (Fsp3) is 0.562. The molecule has 24 heavy (non-hydrogen) atoms. The number of benzene rings is 1. The van der Waals surface area contributed by atoms with Crippen molar-refractivity contribution in [3.05, 3.63) is 23.8 Å². The second-order valence-electron chi connectivity index (χ2n) is 5.94. The normalized spacial score (nSPS) is 19.5. The summed E-state index contributed by atoms with van der Waals surface area (Å²) in [5.74, 6) is 1.09. The first kappa shape index (κ1) is 17.6. The molecule has 1 saturated heterocycles.